The molecule has 0 radical (unpaired) electrons. The number of nitrogens with one attached hydrogen (secondary N) is 2. The van der Waals surface area contributed by atoms with Crippen LogP contribution in [0, 0.1) is 6.92 Å². The molecular formula is C14H18N4OS. The summed E-state index contributed by atoms with van der Waals surface area (Å²) in [4.78, 5) is 16.6. The van der Waals surface area contributed by atoms with Crippen LogP contribution in [0.1, 0.15) is 34.8 Å². The molecule has 0 saturated carbocycles. The zero-order valence-electron chi connectivity index (χ0n) is 11.7. The third-order valence-corrected chi connectivity index (χ3v) is 4.13. The van der Waals surface area contributed by atoms with Gasteiger partial charge in [0.25, 0.3) is 5.91 Å². The number of amides is 1. The molecule has 0 bridgehead atoms. The zero-order chi connectivity index (χ0) is 14.8. The van der Waals surface area contributed by atoms with E-state index in [0.29, 0.717) is 5.56 Å². The number of aromatic nitrogens is 1. The van der Waals surface area contributed by atoms with Gasteiger partial charge in [-0.25, -0.2) is 4.98 Å². The maximum absolute atomic E-state index is 12.3. The van der Waals surface area contributed by atoms with Crippen LogP contribution in [0.2, 0.25) is 0 Å². The van der Waals surface area contributed by atoms with Crippen molar-refractivity contribution in [2.45, 2.75) is 26.3 Å². The quantitative estimate of drug-likeness (QED) is 0.596. The molecule has 0 atom stereocenters. The van der Waals surface area contributed by atoms with E-state index in [-0.39, 0.29) is 5.91 Å². The van der Waals surface area contributed by atoms with Crippen LogP contribution in [0.3, 0.4) is 0 Å². The highest BCUT2D eigenvalue weighted by Crippen LogP contribution is 2.23. The highest BCUT2D eigenvalue weighted by atomic mass is 32.1. The summed E-state index contributed by atoms with van der Waals surface area (Å²) in [5.41, 5.74) is 4.43. The SMILES string of the molecule is Cc1cc(C(=O)NC(C)(C)c2nccs2)ccc1NN. The summed E-state index contributed by atoms with van der Waals surface area (Å²) in [5, 5.41) is 5.77. The van der Waals surface area contributed by atoms with Crippen molar-refractivity contribution in [1.82, 2.24) is 10.3 Å². The fourth-order valence-electron chi connectivity index (χ4n) is 1.91. The van der Waals surface area contributed by atoms with E-state index >= 15 is 0 Å². The monoisotopic (exact) mass is 290 g/mol. The topological polar surface area (TPSA) is 80.0 Å². The molecule has 1 aromatic heterocycles. The summed E-state index contributed by atoms with van der Waals surface area (Å²) in [6.45, 7) is 5.77. The first-order valence-electron chi connectivity index (χ1n) is 6.24. The maximum atomic E-state index is 12.3. The first-order valence-corrected chi connectivity index (χ1v) is 7.12. The van der Waals surface area contributed by atoms with Gasteiger partial charge < -0.3 is 10.7 Å². The zero-order valence-corrected chi connectivity index (χ0v) is 12.5. The van der Waals surface area contributed by atoms with Crippen molar-refractivity contribution in [3.63, 3.8) is 0 Å². The van der Waals surface area contributed by atoms with Gasteiger partial charge in [-0.1, -0.05) is 0 Å². The van der Waals surface area contributed by atoms with Gasteiger partial charge in [-0.05, 0) is 44.5 Å². The fourth-order valence-corrected chi connectivity index (χ4v) is 2.63. The maximum Gasteiger partial charge on any atom is 0.252 e. The lowest BCUT2D eigenvalue weighted by Gasteiger charge is -2.24. The molecule has 0 aliphatic heterocycles. The van der Waals surface area contributed by atoms with Gasteiger partial charge in [0, 0.05) is 17.1 Å². The molecule has 0 aliphatic carbocycles. The summed E-state index contributed by atoms with van der Waals surface area (Å²) >= 11 is 1.52. The fraction of sp³-hybridized carbons (Fsp3) is 0.286. The van der Waals surface area contributed by atoms with Crippen molar-refractivity contribution >= 4 is 22.9 Å². The lowest BCUT2D eigenvalue weighted by molar-refractivity contribution is 0.0912. The molecule has 0 unspecified atom stereocenters. The second-order valence-electron chi connectivity index (χ2n) is 5.09. The first-order chi connectivity index (χ1) is 9.44. The molecule has 0 fully saturated rings. The van der Waals surface area contributed by atoms with Gasteiger partial charge >= 0.3 is 0 Å². The Bertz CT molecular complexity index is 608. The van der Waals surface area contributed by atoms with E-state index in [9.17, 15) is 4.79 Å². The van der Waals surface area contributed by atoms with Crippen LogP contribution < -0.4 is 16.6 Å². The molecule has 6 heteroatoms. The number of nitrogens with two attached hydrogens (primary N) is 1. The molecule has 2 aromatic rings. The lowest BCUT2D eigenvalue weighted by Crippen LogP contribution is -2.40. The minimum atomic E-state index is -0.496. The Hall–Kier alpha value is -1.92. The highest BCUT2D eigenvalue weighted by molar-refractivity contribution is 7.09. The predicted molar refractivity (Wildman–Crippen MR) is 81.6 cm³/mol. The van der Waals surface area contributed by atoms with Crippen LogP contribution in [0.5, 0.6) is 0 Å². The standard InChI is InChI=1S/C14H18N4OS/c1-9-8-10(4-5-11(9)18-15)12(19)17-14(2,3)13-16-6-7-20-13/h4-8,18H,15H2,1-3H3,(H,17,19). The third-order valence-electron chi connectivity index (χ3n) is 3.04. The number of nitrogen functional groups attached to an aromatic ring is 1. The molecule has 1 heterocycles. The normalized spacial score (nSPS) is 11.2. The number of nitrogens with zero attached hydrogens (tertiary/aromatic N) is 1. The van der Waals surface area contributed by atoms with Crippen LogP contribution in [0.4, 0.5) is 5.69 Å². The second-order valence-corrected chi connectivity index (χ2v) is 5.98. The molecule has 106 valence electrons. The molecule has 2 rings (SSSR count). The molecule has 0 saturated heterocycles. The first kappa shape index (κ1) is 14.5. The number of hydrogen-bond donors (Lipinski definition) is 3. The van der Waals surface area contributed by atoms with Crippen LogP contribution in [0.15, 0.2) is 29.8 Å². The number of carbonyl (C=O) groups is 1. The van der Waals surface area contributed by atoms with E-state index < -0.39 is 5.54 Å². The molecule has 1 amide bonds. The smallest absolute Gasteiger partial charge is 0.252 e. The van der Waals surface area contributed by atoms with E-state index in [4.69, 9.17) is 5.84 Å². The van der Waals surface area contributed by atoms with Crippen molar-refractivity contribution < 1.29 is 4.79 Å². The average Bonchev–Trinajstić information content (AvgIpc) is 2.92. The van der Waals surface area contributed by atoms with Crippen molar-refractivity contribution in [3.8, 4) is 0 Å². The minimum Gasteiger partial charge on any atom is -0.341 e. The highest BCUT2D eigenvalue weighted by Gasteiger charge is 2.26. The Morgan fingerprint density at radius 3 is 2.70 bits per heavy atom. The van der Waals surface area contributed by atoms with Gasteiger partial charge in [-0.3, -0.25) is 10.6 Å². The summed E-state index contributed by atoms with van der Waals surface area (Å²) in [5.74, 6) is 5.26. The van der Waals surface area contributed by atoms with Gasteiger partial charge in [0.1, 0.15) is 5.01 Å². The van der Waals surface area contributed by atoms with Crippen LogP contribution in [-0.4, -0.2) is 10.9 Å². The minimum absolute atomic E-state index is 0.128. The van der Waals surface area contributed by atoms with E-state index in [0.717, 1.165) is 16.3 Å². The summed E-state index contributed by atoms with van der Waals surface area (Å²) in [7, 11) is 0. The van der Waals surface area contributed by atoms with Gasteiger partial charge in [-0.2, -0.15) is 0 Å². The number of benzene rings is 1. The molecule has 20 heavy (non-hydrogen) atoms. The Morgan fingerprint density at radius 2 is 2.15 bits per heavy atom. The van der Waals surface area contributed by atoms with Gasteiger partial charge in [0.2, 0.25) is 0 Å². The van der Waals surface area contributed by atoms with Gasteiger partial charge in [0.15, 0.2) is 0 Å². The van der Waals surface area contributed by atoms with Crippen molar-refractivity contribution in [2.75, 3.05) is 5.43 Å². The number of hydrazine groups is 1. The van der Waals surface area contributed by atoms with Crippen molar-refractivity contribution in [2.24, 2.45) is 5.84 Å². The number of hydrogen-bond acceptors (Lipinski definition) is 5. The largest absolute Gasteiger partial charge is 0.341 e. The molecular weight excluding hydrogens is 272 g/mol. The average molecular weight is 290 g/mol. The Balaban J connectivity index is 2.18. The van der Waals surface area contributed by atoms with Gasteiger partial charge in [0.05, 0.1) is 11.2 Å². The number of rotatable bonds is 4. The summed E-state index contributed by atoms with van der Waals surface area (Å²) in [6, 6.07) is 5.35. The predicted octanol–water partition coefficient (Wildman–Crippen LogP) is 2.40. The van der Waals surface area contributed by atoms with Crippen LogP contribution in [0.25, 0.3) is 0 Å². The third kappa shape index (κ3) is 2.97. The number of aryl methyl sites for hydroxylation is 1. The second kappa shape index (κ2) is 5.60. The Morgan fingerprint density at radius 1 is 1.40 bits per heavy atom. The van der Waals surface area contributed by atoms with E-state index in [2.05, 4.69) is 15.7 Å². The van der Waals surface area contributed by atoms with Crippen molar-refractivity contribution in [3.05, 3.63) is 45.9 Å². The lowest BCUT2D eigenvalue weighted by atomic mass is 10.0. The molecule has 0 aliphatic rings. The summed E-state index contributed by atoms with van der Waals surface area (Å²) < 4.78 is 0. The van der Waals surface area contributed by atoms with E-state index in [1.807, 2.05) is 32.2 Å². The molecule has 0 spiro atoms. The Labute approximate surface area is 122 Å². The molecule has 5 nitrogen and oxygen atoms in total. The summed E-state index contributed by atoms with van der Waals surface area (Å²) in [6.07, 6.45) is 1.74. The van der Waals surface area contributed by atoms with E-state index in [1.165, 1.54) is 11.3 Å². The molecule has 4 N–H and O–H groups in total. The van der Waals surface area contributed by atoms with Crippen molar-refractivity contribution in [1.29, 1.82) is 0 Å². The van der Waals surface area contributed by atoms with Crippen LogP contribution >= 0.6 is 11.3 Å². The Kier molecular flexibility index (Phi) is 4.06. The van der Waals surface area contributed by atoms with Crippen LogP contribution in [-0.2, 0) is 5.54 Å². The molecule has 1 aromatic carbocycles. The number of carbonyl (C=O) groups excluding carboxylic acids is 1. The number of anilines is 1. The van der Waals surface area contributed by atoms with Gasteiger partial charge in [-0.15, -0.1) is 11.3 Å². The number of thiazole rings is 1. The van der Waals surface area contributed by atoms with E-state index in [1.54, 1.807) is 18.3 Å².